The molecule has 0 aromatic heterocycles. The lowest BCUT2D eigenvalue weighted by atomic mass is 9.35. The van der Waals surface area contributed by atoms with Crippen LogP contribution < -0.4 is 0 Å². The third kappa shape index (κ3) is 9.21. The molecule has 3 saturated heterocycles. The number of aliphatic hydroxyl groups is 7. The summed E-state index contributed by atoms with van der Waals surface area (Å²) in [5, 5.41) is 78.9. The van der Waals surface area contributed by atoms with Gasteiger partial charge in [0.05, 0.1) is 37.6 Å². The van der Waals surface area contributed by atoms with Crippen molar-refractivity contribution in [1.29, 1.82) is 0 Å². The van der Waals surface area contributed by atoms with Gasteiger partial charge in [-0.25, -0.2) is 4.79 Å². The molecule has 3 heterocycles. The molecule has 3 aliphatic heterocycles. The number of esters is 3. The summed E-state index contributed by atoms with van der Waals surface area (Å²) in [5.74, 6) is -2.04. The van der Waals surface area contributed by atoms with Crippen LogP contribution in [0.25, 0.3) is 0 Å². The maximum atomic E-state index is 13.5. The fourth-order valence-corrected chi connectivity index (χ4v) is 16.0. The zero-order valence-electron chi connectivity index (χ0n) is 42.7. The van der Waals surface area contributed by atoms with E-state index in [0.717, 1.165) is 50.5 Å². The molecule has 5 unspecified atom stereocenters. The van der Waals surface area contributed by atoms with Crippen molar-refractivity contribution in [2.75, 3.05) is 13.2 Å². The van der Waals surface area contributed by atoms with E-state index in [0.29, 0.717) is 12.3 Å². The average molecular weight is 995 g/mol. The van der Waals surface area contributed by atoms with Crippen molar-refractivity contribution in [2.24, 2.45) is 51.2 Å². The Morgan fingerprint density at radius 1 is 0.714 bits per heavy atom. The highest BCUT2D eigenvalue weighted by atomic mass is 16.7. The van der Waals surface area contributed by atoms with E-state index in [1.54, 1.807) is 6.92 Å². The molecule has 7 N–H and O–H groups in total. The van der Waals surface area contributed by atoms with Gasteiger partial charge in [-0.3, -0.25) is 9.59 Å². The van der Waals surface area contributed by atoms with E-state index in [-0.39, 0.29) is 59.6 Å². The van der Waals surface area contributed by atoms with Crippen molar-refractivity contribution in [3.63, 3.8) is 0 Å². The second-order valence-corrected chi connectivity index (χ2v) is 24.2. The molecule has 18 heteroatoms. The zero-order chi connectivity index (χ0) is 51.2. The SMILES string of the molecule is CC(=O)OC[C@H]1C[C@@H](O[C@H]2CC[C@@]3(C)C(CC[C@]4(C)C3CCC3C([C@]5(O)CC(C=C(C)C)OC5=O)CC[C@]34C)C2(C)C)[C@H](O[C@H]2O[C@@H](C)[C@H](OC(C)=O)[C@@H](O)[C@H]2O)[C@@H](O[C@@H]2OC[C@@H](O)[C@H](O)[C@H]2O)[C@@H]1O. The minimum atomic E-state index is -1.75. The Kier molecular flexibility index (Phi) is 15.2. The predicted molar refractivity (Wildman–Crippen MR) is 247 cm³/mol. The fourth-order valence-electron chi connectivity index (χ4n) is 16.0. The van der Waals surface area contributed by atoms with Gasteiger partial charge in [0.1, 0.15) is 48.8 Å². The minimum Gasteiger partial charge on any atom is -0.465 e. The van der Waals surface area contributed by atoms with Gasteiger partial charge in [-0.05, 0) is 124 Å². The lowest BCUT2D eigenvalue weighted by Crippen LogP contribution is -2.66. The quantitative estimate of drug-likeness (QED) is 0.0891. The Balaban J connectivity index is 1.07. The van der Waals surface area contributed by atoms with Crippen LogP contribution >= 0.6 is 0 Å². The summed E-state index contributed by atoms with van der Waals surface area (Å²) in [6.07, 6.45) is -10.3. The molecule has 398 valence electrons. The Labute approximate surface area is 412 Å². The smallest absolute Gasteiger partial charge is 0.339 e. The molecule has 8 rings (SSSR count). The summed E-state index contributed by atoms with van der Waals surface area (Å²) >= 11 is 0. The lowest BCUT2D eigenvalue weighted by molar-refractivity contribution is -0.357. The standard InChI is InChI=1S/C52H82O18/c1-24(2)19-29-21-52(62,47(61)67-29)31-13-17-50(9)30(31)11-12-35-49(8)16-15-36(48(6,7)34(49)14-18-51(35,50)10)68-33-20-28(22-63-26(4)53)37(56)44(70-45-40(59)38(57)32(55)23-64-45)43(33)69-46-41(60)39(58)42(25(3)65-46)66-27(5)54/h19,25,28-46,55-60,62H,11-18,20-23H2,1-10H3/t25-,28+,29?,30?,31?,32+,33+,34?,35?,36-,37+,38-,39-,40+,41+,42-,43-,44-,45-,46+,49-,50+,51+,52+/m0/s1. The number of ether oxygens (including phenoxy) is 8. The Hall–Kier alpha value is -2.33. The van der Waals surface area contributed by atoms with Gasteiger partial charge in [0.25, 0.3) is 0 Å². The molecule has 0 aromatic carbocycles. The highest BCUT2D eigenvalue weighted by molar-refractivity contribution is 5.82. The monoisotopic (exact) mass is 995 g/mol. The van der Waals surface area contributed by atoms with Crippen LogP contribution in [0.15, 0.2) is 11.6 Å². The number of fused-ring (bicyclic) bond motifs is 5. The van der Waals surface area contributed by atoms with E-state index in [1.807, 2.05) is 19.9 Å². The number of aliphatic hydroxyl groups excluding tert-OH is 6. The first-order valence-electron chi connectivity index (χ1n) is 25.9. The van der Waals surface area contributed by atoms with Gasteiger partial charge in [-0.15, -0.1) is 0 Å². The van der Waals surface area contributed by atoms with Crippen LogP contribution in [0, 0.1) is 51.2 Å². The van der Waals surface area contributed by atoms with Crippen LogP contribution in [0.1, 0.15) is 133 Å². The van der Waals surface area contributed by atoms with Crippen molar-refractivity contribution in [2.45, 2.75) is 231 Å². The number of rotatable bonds is 11. The third-order valence-electron chi connectivity index (χ3n) is 19.6. The number of carbonyl (C=O) groups excluding carboxylic acids is 3. The maximum absolute atomic E-state index is 13.5. The fraction of sp³-hybridized carbons (Fsp3) is 0.904. The van der Waals surface area contributed by atoms with Gasteiger partial charge in [0, 0.05) is 32.1 Å². The number of allylic oxidation sites excluding steroid dienone is 1. The second kappa shape index (κ2) is 19.7. The van der Waals surface area contributed by atoms with Gasteiger partial charge in [0.15, 0.2) is 24.3 Å². The molecule has 8 fully saturated rings. The molecule has 18 nitrogen and oxygen atoms in total. The van der Waals surface area contributed by atoms with E-state index in [2.05, 4.69) is 34.6 Å². The molecule has 5 saturated carbocycles. The normalized spacial score (nSPS) is 51.0. The van der Waals surface area contributed by atoms with Crippen molar-refractivity contribution in [3.8, 4) is 0 Å². The van der Waals surface area contributed by atoms with Crippen molar-refractivity contribution >= 4 is 17.9 Å². The Bertz CT molecular complexity index is 1960. The summed E-state index contributed by atoms with van der Waals surface area (Å²) in [6.45, 7) is 19.1. The first-order chi connectivity index (χ1) is 32.7. The number of hydrogen-bond acceptors (Lipinski definition) is 18. The summed E-state index contributed by atoms with van der Waals surface area (Å²) in [6, 6.07) is 0. The van der Waals surface area contributed by atoms with Crippen LogP contribution in [0.2, 0.25) is 0 Å². The second-order valence-electron chi connectivity index (χ2n) is 24.2. The predicted octanol–water partition coefficient (Wildman–Crippen LogP) is 2.99. The van der Waals surface area contributed by atoms with Crippen LogP contribution in [0.4, 0.5) is 0 Å². The number of cyclic esters (lactones) is 1. The largest absolute Gasteiger partial charge is 0.465 e. The van der Waals surface area contributed by atoms with E-state index < -0.39 is 127 Å². The van der Waals surface area contributed by atoms with Gasteiger partial charge in [-0.2, -0.15) is 0 Å². The van der Waals surface area contributed by atoms with E-state index in [1.165, 1.54) is 13.8 Å². The summed E-state index contributed by atoms with van der Waals surface area (Å²) in [5.41, 5.74) is -1.21. The van der Waals surface area contributed by atoms with E-state index in [4.69, 9.17) is 37.9 Å². The first kappa shape index (κ1) is 53.9. The minimum absolute atomic E-state index is 0.0722. The number of carbonyl (C=O) groups is 3. The topological polar surface area (TPSA) is 267 Å². The summed E-state index contributed by atoms with van der Waals surface area (Å²) in [7, 11) is 0. The molecular formula is C52H82O18. The van der Waals surface area contributed by atoms with Crippen molar-refractivity contribution < 1.29 is 88.0 Å². The first-order valence-corrected chi connectivity index (χ1v) is 25.9. The summed E-state index contributed by atoms with van der Waals surface area (Å²) in [4.78, 5) is 37.6. The number of hydrogen-bond donors (Lipinski definition) is 7. The van der Waals surface area contributed by atoms with Crippen LogP contribution in [-0.2, 0) is 52.3 Å². The van der Waals surface area contributed by atoms with Crippen LogP contribution in [-0.4, -0.2) is 164 Å². The molecular weight excluding hydrogens is 913 g/mol. The molecule has 5 aliphatic carbocycles. The highest BCUT2D eigenvalue weighted by Gasteiger charge is 2.71. The molecule has 0 bridgehead atoms. The van der Waals surface area contributed by atoms with Crippen LogP contribution in [0.5, 0.6) is 0 Å². The van der Waals surface area contributed by atoms with Crippen molar-refractivity contribution in [1.82, 2.24) is 0 Å². The van der Waals surface area contributed by atoms with E-state index in [9.17, 15) is 50.1 Å². The van der Waals surface area contributed by atoms with Crippen LogP contribution in [0.3, 0.4) is 0 Å². The van der Waals surface area contributed by atoms with E-state index >= 15 is 0 Å². The van der Waals surface area contributed by atoms with Gasteiger partial charge in [-0.1, -0.05) is 40.2 Å². The Morgan fingerprint density at radius 2 is 1.39 bits per heavy atom. The van der Waals surface area contributed by atoms with Gasteiger partial charge in [0.2, 0.25) is 0 Å². The van der Waals surface area contributed by atoms with Crippen molar-refractivity contribution in [3.05, 3.63) is 11.6 Å². The van der Waals surface area contributed by atoms with Gasteiger partial charge < -0.3 is 73.6 Å². The molecule has 70 heavy (non-hydrogen) atoms. The lowest BCUT2D eigenvalue weighted by Gasteiger charge is -2.70. The zero-order valence-corrected chi connectivity index (χ0v) is 42.7. The molecule has 8 aliphatic rings. The molecule has 0 spiro atoms. The highest BCUT2D eigenvalue weighted by Crippen LogP contribution is 2.76. The Morgan fingerprint density at radius 3 is 2.06 bits per heavy atom. The molecule has 0 radical (unpaired) electrons. The molecule has 0 amide bonds. The maximum Gasteiger partial charge on any atom is 0.339 e. The average Bonchev–Trinajstić information content (AvgIpc) is 3.78. The van der Waals surface area contributed by atoms with Gasteiger partial charge >= 0.3 is 17.9 Å². The summed E-state index contributed by atoms with van der Waals surface area (Å²) < 4.78 is 48.5. The molecule has 0 aromatic rings. The third-order valence-corrected chi connectivity index (χ3v) is 19.6. The molecule has 24 atom stereocenters.